The number of carbonyl (C=O) groups is 1. The molecule has 2 aromatic heterocycles. The minimum absolute atomic E-state index is 0.256. The SMILES string of the molecule is Cc1c(C(=O)[O-])sc2ncnc(N3CCCC3)c12. The number of thiophene rings is 1. The molecule has 0 saturated carbocycles. The number of rotatable bonds is 2. The Bertz CT molecular complexity index is 617. The average molecular weight is 262 g/mol. The van der Waals surface area contributed by atoms with Crippen molar-refractivity contribution >= 4 is 33.3 Å². The van der Waals surface area contributed by atoms with Crippen molar-refractivity contribution in [2.75, 3.05) is 18.0 Å². The minimum atomic E-state index is -1.14. The van der Waals surface area contributed by atoms with E-state index in [9.17, 15) is 9.90 Å². The summed E-state index contributed by atoms with van der Waals surface area (Å²) in [6, 6.07) is 0. The maximum absolute atomic E-state index is 11.1. The summed E-state index contributed by atoms with van der Waals surface area (Å²) in [5, 5.41) is 11.9. The zero-order valence-electron chi connectivity index (χ0n) is 9.97. The molecule has 6 heteroatoms. The van der Waals surface area contributed by atoms with Gasteiger partial charge in [-0.3, -0.25) is 0 Å². The fourth-order valence-electron chi connectivity index (χ4n) is 2.42. The Kier molecular flexibility index (Phi) is 2.66. The van der Waals surface area contributed by atoms with Crippen molar-refractivity contribution in [3.8, 4) is 0 Å². The van der Waals surface area contributed by atoms with Crippen LogP contribution in [-0.2, 0) is 0 Å². The second-order valence-corrected chi connectivity index (χ2v) is 5.41. The first-order valence-electron chi connectivity index (χ1n) is 5.89. The lowest BCUT2D eigenvalue weighted by Crippen LogP contribution is -2.22. The lowest BCUT2D eigenvalue weighted by atomic mass is 10.2. The molecule has 0 N–H and O–H groups in total. The predicted octanol–water partition coefficient (Wildman–Crippen LogP) is 0.963. The molecule has 0 unspecified atom stereocenters. The number of hydrogen-bond donors (Lipinski definition) is 0. The number of fused-ring (bicyclic) bond motifs is 1. The van der Waals surface area contributed by atoms with Gasteiger partial charge in [0.15, 0.2) is 0 Å². The first-order chi connectivity index (χ1) is 8.68. The van der Waals surface area contributed by atoms with Crippen LogP contribution in [0, 0.1) is 6.92 Å². The van der Waals surface area contributed by atoms with Crippen molar-refractivity contribution in [2.24, 2.45) is 0 Å². The number of aryl methyl sites for hydroxylation is 1. The molecule has 0 spiro atoms. The topological polar surface area (TPSA) is 69.1 Å². The van der Waals surface area contributed by atoms with Crippen molar-refractivity contribution < 1.29 is 9.90 Å². The Morgan fingerprint density at radius 1 is 1.39 bits per heavy atom. The summed E-state index contributed by atoms with van der Waals surface area (Å²) in [4.78, 5) is 22.7. The highest BCUT2D eigenvalue weighted by Gasteiger charge is 2.20. The van der Waals surface area contributed by atoms with Gasteiger partial charge in [-0.15, -0.1) is 11.3 Å². The van der Waals surface area contributed by atoms with Gasteiger partial charge in [-0.05, 0) is 25.3 Å². The fraction of sp³-hybridized carbons (Fsp3) is 0.417. The highest BCUT2D eigenvalue weighted by atomic mass is 32.1. The van der Waals surface area contributed by atoms with Gasteiger partial charge in [0.25, 0.3) is 0 Å². The summed E-state index contributed by atoms with van der Waals surface area (Å²) in [7, 11) is 0. The van der Waals surface area contributed by atoms with Crippen LogP contribution in [0.1, 0.15) is 28.1 Å². The van der Waals surface area contributed by atoms with Crippen LogP contribution in [0.5, 0.6) is 0 Å². The van der Waals surface area contributed by atoms with Gasteiger partial charge in [-0.1, -0.05) is 0 Å². The molecule has 3 heterocycles. The van der Waals surface area contributed by atoms with Crippen LogP contribution in [0.25, 0.3) is 10.2 Å². The molecule has 5 nitrogen and oxygen atoms in total. The van der Waals surface area contributed by atoms with Crippen molar-refractivity contribution in [1.29, 1.82) is 0 Å². The molecule has 3 rings (SSSR count). The molecule has 0 amide bonds. The Morgan fingerprint density at radius 3 is 2.78 bits per heavy atom. The Hall–Kier alpha value is -1.69. The molecule has 0 aliphatic carbocycles. The standard InChI is InChI=1S/C12H13N3O2S/c1-7-8-10(15-4-2-3-5-15)13-6-14-11(8)18-9(7)12(16)17/h6H,2-5H2,1H3,(H,16,17)/p-1. The highest BCUT2D eigenvalue weighted by Crippen LogP contribution is 2.35. The van der Waals surface area contributed by atoms with E-state index in [1.54, 1.807) is 6.92 Å². The van der Waals surface area contributed by atoms with Crippen LogP contribution in [-0.4, -0.2) is 29.0 Å². The maximum atomic E-state index is 11.1. The van der Waals surface area contributed by atoms with Gasteiger partial charge in [0.2, 0.25) is 0 Å². The number of aromatic carboxylic acids is 1. The van der Waals surface area contributed by atoms with Gasteiger partial charge in [-0.2, -0.15) is 0 Å². The van der Waals surface area contributed by atoms with Crippen molar-refractivity contribution in [2.45, 2.75) is 19.8 Å². The van der Waals surface area contributed by atoms with E-state index in [1.165, 1.54) is 17.7 Å². The molecule has 0 radical (unpaired) electrons. The molecule has 1 saturated heterocycles. The van der Waals surface area contributed by atoms with Crippen LogP contribution < -0.4 is 10.0 Å². The first-order valence-corrected chi connectivity index (χ1v) is 6.70. The largest absolute Gasteiger partial charge is 0.544 e. The fourth-order valence-corrected chi connectivity index (χ4v) is 3.39. The van der Waals surface area contributed by atoms with E-state index in [4.69, 9.17) is 0 Å². The van der Waals surface area contributed by atoms with E-state index in [0.717, 1.165) is 47.5 Å². The smallest absolute Gasteiger partial charge is 0.141 e. The molecule has 0 aromatic carbocycles. The highest BCUT2D eigenvalue weighted by molar-refractivity contribution is 7.20. The van der Waals surface area contributed by atoms with Crippen LogP contribution in [0.15, 0.2) is 6.33 Å². The van der Waals surface area contributed by atoms with E-state index < -0.39 is 5.97 Å². The number of aromatic nitrogens is 2. The summed E-state index contributed by atoms with van der Waals surface area (Å²) in [6.45, 7) is 3.75. The zero-order valence-corrected chi connectivity index (χ0v) is 10.8. The molecule has 0 atom stereocenters. The predicted molar refractivity (Wildman–Crippen MR) is 67.9 cm³/mol. The van der Waals surface area contributed by atoms with Crippen molar-refractivity contribution in [3.63, 3.8) is 0 Å². The van der Waals surface area contributed by atoms with E-state index >= 15 is 0 Å². The molecule has 1 aliphatic heterocycles. The van der Waals surface area contributed by atoms with Crippen LogP contribution in [0.4, 0.5) is 5.82 Å². The van der Waals surface area contributed by atoms with E-state index in [1.807, 2.05) is 0 Å². The lowest BCUT2D eigenvalue weighted by Gasteiger charge is -2.17. The molecule has 0 bridgehead atoms. The molecule has 18 heavy (non-hydrogen) atoms. The second kappa shape index (κ2) is 4.20. The lowest BCUT2D eigenvalue weighted by molar-refractivity contribution is -0.254. The number of nitrogens with zero attached hydrogens (tertiary/aromatic N) is 3. The zero-order chi connectivity index (χ0) is 12.7. The summed E-state index contributed by atoms with van der Waals surface area (Å²) < 4.78 is 0. The van der Waals surface area contributed by atoms with Crippen LogP contribution in [0.3, 0.4) is 0 Å². The van der Waals surface area contributed by atoms with Crippen molar-refractivity contribution in [1.82, 2.24) is 9.97 Å². The molecular weight excluding hydrogens is 250 g/mol. The van der Waals surface area contributed by atoms with E-state index in [0.29, 0.717) is 0 Å². The van der Waals surface area contributed by atoms with Crippen LogP contribution in [0.2, 0.25) is 0 Å². The van der Waals surface area contributed by atoms with Crippen LogP contribution >= 0.6 is 11.3 Å². The Labute approximate surface area is 108 Å². The van der Waals surface area contributed by atoms with Gasteiger partial charge < -0.3 is 14.8 Å². The number of hydrogen-bond acceptors (Lipinski definition) is 6. The monoisotopic (exact) mass is 262 g/mol. The van der Waals surface area contributed by atoms with Gasteiger partial charge in [0.1, 0.15) is 17.0 Å². The summed E-state index contributed by atoms with van der Waals surface area (Å²) in [6.07, 6.45) is 3.81. The third kappa shape index (κ3) is 1.64. The first kappa shape index (κ1) is 11.4. The molecular formula is C12H12N3O2S-. The third-order valence-corrected chi connectivity index (χ3v) is 4.48. The number of carboxylic acid groups (broad SMARTS) is 1. The van der Waals surface area contributed by atoms with Gasteiger partial charge in [0, 0.05) is 13.1 Å². The van der Waals surface area contributed by atoms with E-state index in [-0.39, 0.29) is 4.88 Å². The van der Waals surface area contributed by atoms with E-state index in [2.05, 4.69) is 14.9 Å². The number of carboxylic acids is 1. The average Bonchev–Trinajstić information content (AvgIpc) is 2.97. The quantitative estimate of drug-likeness (QED) is 0.806. The number of anilines is 1. The maximum Gasteiger partial charge on any atom is 0.141 e. The molecule has 1 fully saturated rings. The Balaban J connectivity index is 2.23. The molecule has 1 aliphatic rings. The second-order valence-electron chi connectivity index (χ2n) is 4.42. The molecule has 94 valence electrons. The van der Waals surface area contributed by atoms with Gasteiger partial charge in [-0.25, -0.2) is 9.97 Å². The number of carbonyl (C=O) groups excluding carboxylic acids is 1. The Morgan fingerprint density at radius 2 is 2.11 bits per heavy atom. The normalized spacial score (nSPS) is 15.5. The van der Waals surface area contributed by atoms with Gasteiger partial charge >= 0.3 is 0 Å². The summed E-state index contributed by atoms with van der Waals surface area (Å²) >= 11 is 1.17. The molecule has 2 aromatic rings. The van der Waals surface area contributed by atoms with Gasteiger partial charge in [0.05, 0.1) is 16.2 Å². The summed E-state index contributed by atoms with van der Waals surface area (Å²) in [5.74, 6) is -0.276. The summed E-state index contributed by atoms with van der Waals surface area (Å²) in [5.41, 5.74) is 0.720. The van der Waals surface area contributed by atoms with Crippen molar-refractivity contribution in [3.05, 3.63) is 16.8 Å². The third-order valence-electron chi connectivity index (χ3n) is 3.30. The minimum Gasteiger partial charge on any atom is -0.544 e.